The van der Waals surface area contributed by atoms with Crippen molar-refractivity contribution in [2.45, 2.75) is 18.7 Å². The van der Waals surface area contributed by atoms with E-state index in [1.165, 1.54) is 41.2 Å². The molecule has 124 valence electrons. The van der Waals surface area contributed by atoms with Crippen LogP contribution >= 0.6 is 11.3 Å². The van der Waals surface area contributed by atoms with Crippen molar-refractivity contribution < 1.29 is 13.2 Å². The zero-order chi connectivity index (χ0) is 17.5. The highest BCUT2D eigenvalue weighted by molar-refractivity contribution is 7.90. The summed E-state index contributed by atoms with van der Waals surface area (Å²) in [7, 11) is -3.27. The molecule has 0 aliphatic carbocycles. The lowest BCUT2D eigenvalue weighted by atomic mass is 10.1. The van der Waals surface area contributed by atoms with Crippen molar-refractivity contribution in [2.75, 3.05) is 11.6 Å². The van der Waals surface area contributed by atoms with Gasteiger partial charge in [0, 0.05) is 11.8 Å². The minimum atomic E-state index is -3.27. The van der Waals surface area contributed by atoms with Crippen molar-refractivity contribution in [2.24, 2.45) is 0 Å². The van der Waals surface area contributed by atoms with E-state index in [1.54, 1.807) is 0 Å². The number of anilines is 1. The zero-order valence-electron chi connectivity index (χ0n) is 13.5. The van der Waals surface area contributed by atoms with Gasteiger partial charge in [0.2, 0.25) is 0 Å². The second-order valence-corrected chi connectivity index (χ2v) is 8.72. The third-order valence-electron chi connectivity index (χ3n) is 3.77. The Morgan fingerprint density at radius 1 is 1.08 bits per heavy atom. The lowest BCUT2D eigenvalue weighted by Gasteiger charge is -2.03. The number of sulfone groups is 1. The number of hydrogen-bond acceptors (Lipinski definition) is 5. The minimum Gasteiger partial charge on any atom is -0.298 e. The van der Waals surface area contributed by atoms with Crippen LogP contribution in [0.2, 0.25) is 0 Å². The van der Waals surface area contributed by atoms with Gasteiger partial charge < -0.3 is 0 Å². The number of carbonyl (C=O) groups is 1. The van der Waals surface area contributed by atoms with Gasteiger partial charge in [0.25, 0.3) is 5.91 Å². The quantitative estimate of drug-likeness (QED) is 0.775. The van der Waals surface area contributed by atoms with E-state index in [0.29, 0.717) is 10.7 Å². The first-order valence-electron chi connectivity index (χ1n) is 7.23. The summed E-state index contributed by atoms with van der Waals surface area (Å²) in [4.78, 5) is 16.9. The largest absolute Gasteiger partial charge is 0.298 e. The van der Waals surface area contributed by atoms with Crippen LogP contribution in [0.4, 0.5) is 5.13 Å². The molecule has 3 rings (SSSR count). The van der Waals surface area contributed by atoms with Crippen molar-refractivity contribution in [3.8, 4) is 0 Å². The summed E-state index contributed by atoms with van der Waals surface area (Å²) in [6.07, 6.45) is 1.13. The number of benzene rings is 2. The number of nitrogens with zero attached hydrogens (tertiary/aromatic N) is 1. The molecule has 5 nitrogen and oxygen atoms in total. The highest BCUT2D eigenvalue weighted by Crippen LogP contribution is 2.28. The predicted molar refractivity (Wildman–Crippen MR) is 96.6 cm³/mol. The fourth-order valence-electron chi connectivity index (χ4n) is 2.26. The Bertz CT molecular complexity index is 997. The van der Waals surface area contributed by atoms with Crippen LogP contribution in [0.25, 0.3) is 10.2 Å². The zero-order valence-corrected chi connectivity index (χ0v) is 15.1. The molecule has 7 heteroatoms. The van der Waals surface area contributed by atoms with E-state index in [4.69, 9.17) is 0 Å². The third-order valence-corrected chi connectivity index (χ3v) is 5.83. The van der Waals surface area contributed by atoms with Gasteiger partial charge in [0.15, 0.2) is 15.0 Å². The van der Waals surface area contributed by atoms with Gasteiger partial charge in [-0.3, -0.25) is 10.1 Å². The van der Waals surface area contributed by atoms with Gasteiger partial charge in [0.05, 0.1) is 15.1 Å². The number of nitrogens with one attached hydrogen (secondary N) is 1. The van der Waals surface area contributed by atoms with Gasteiger partial charge in [-0.2, -0.15) is 0 Å². The van der Waals surface area contributed by atoms with E-state index in [1.807, 2.05) is 19.9 Å². The molecule has 24 heavy (non-hydrogen) atoms. The van der Waals surface area contributed by atoms with E-state index in [-0.39, 0.29) is 10.8 Å². The second-order valence-electron chi connectivity index (χ2n) is 5.67. The van der Waals surface area contributed by atoms with Crippen LogP contribution in [0.1, 0.15) is 21.5 Å². The van der Waals surface area contributed by atoms with Crippen molar-refractivity contribution >= 4 is 42.4 Å². The van der Waals surface area contributed by atoms with Gasteiger partial charge in [0.1, 0.15) is 0 Å². The normalized spacial score (nSPS) is 11.6. The van der Waals surface area contributed by atoms with E-state index in [9.17, 15) is 13.2 Å². The monoisotopic (exact) mass is 360 g/mol. The fraction of sp³-hybridized carbons (Fsp3) is 0.176. The Balaban J connectivity index is 1.84. The highest BCUT2D eigenvalue weighted by atomic mass is 32.2. The number of amides is 1. The van der Waals surface area contributed by atoms with E-state index in [0.717, 1.165) is 22.0 Å². The molecule has 3 aromatic rings. The van der Waals surface area contributed by atoms with Crippen LogP contribution in [0.3, 0.4) is 0 Å². The Hall–Kier alpha value is -2.25. The molecule has 0 bridgehead atoms. The number of thiazole rings is 1. The van der Waals surface area contributed by atoms with E-state index in [2.05, 4.69) is 16.4 Å². The Kier molecular flexibility index (Phi) is 4.15. The maximum Gasteiger partial charge on any atom is 0.257 e. The summed E-state index contributed by atoms with van der Waals surface area (Å²) in [5.41, 5.74) is 3.57. The summed E-state index contributed by atoms with van der Waals surface area (Å²) in [6, 6.07) is 9.89. The average molecular weight is 360 g/mol. The first-order valence-corrected chi connectivity index (χ1v) is 9.94. The Morgan fingerprint density at radius 2 is 1.71 bits per heavy atom. The summed E-state index contributed by atoms with van der Waals surface area (Å²) < 4.78 is 23.9. The number of aryl methyl sites for hydroxylation is 2. The van der Waals surface area contributed by atoms with Gasteiger partial charge in [-0.25, -0.2) is 13.4 Å². The molecule has 1 heterocycles. The third kappa shape index (κ3) is 3.32. The van der Waals surface area contributed by atoms with Gasteiger partial charge in [-0.15, -0.1) is 0 Å². The van der Waals surface area contributed by atoms with Crippen molar-refractivity contribution in [3.63, 3.8) is 0 Å². The number of carbonyl (C=O) groups excluding carboxylic acids is 1. The maximum absolute atomic E-state index is 12.3. The fourth-order valence-corrected chi connectivity index (χ4v) is 3.83. The minimum absolute atomic E-state index is 0.185. The molecule has 1 N–H and O–H groups in total. The lowest BCUT2D eigenvalue weighted by molar-refractivity contribution is 0.102. The predicted octanol–water partition coefficient (Wildman–Crippen LogP) is 3.57. The van der Waals surface area contributed by atoms with Crippen molar-refractivity contribution in [1.29, 1.82) is 0 Å². The standard InChI is InChI=1S/C17H16N2O3S2/c1-10-8-14-15(9-11(10)2)23-17(18-14)19-16(20)12-4-6-13(7-5-12)24(3,21)22/h4-9H,1-3H3,(H,18,19,20). The molecule has 0 spiro atoms. The van der Waals surface area contributed by atoms with Crippen LogP contribution in [0.15, 0.2) is 41.3 Å². The van der Waals surface area contributed by atoms with Crippen molar-refractivity contribution in [3.05, 3.63) is 53.1 Å². The molecule has 2 aromatic carbocycles. The van der Waals surface area contributed by atoms with Crippen LogP contribution in [-0.4, -0.2) is 25.6 Å². The van der Waals surface area contributed by atoms with Gasteiger partial charge in [-0.1, -0.05) is 11.3 Å². The average Bonchev–Trinajstić information content (AvgIpc) is 2.88. The molecule has 0 saturated heterocycles. The molecule has 0 atom stereocenters. The molecular weight excluding hydrogens is 344 g/mol. The molecular formula is C17H16N2O3S2. The van der Waals surface area contributed by atoms with Gasteiger partial charge >= 0.3 is 0 Å². The number of fused-ring (bicyclic) bond motifs is 1. The summed E-state index contributed by atoms with van der Waals surface area (Å²) >= 11 is 1.41. The van der Waals surface area contributed by atoms with Crippen LogP contribution < -0.4 is 5.32 Å². The second kappa shape index (κ2) is 5.99. The Morgan fingerprint density at radius 3 is 2.33 bits per heavy atom. The smallest absolute Gasteiger partial charge is 0.257 e. The van der Waals surface area contributed by atoms with Crippen LogP contribution in [0, 0.1) is 13.8 Å². The molecule has 0 radical (unpaired) electrons. The molecule has 0 fully saturated rings. The SMILES string of the molecule is Cc1cc2nc(NC(=O)c3ccc(S(C)(=O)=O)cc3)sc2cc1C. The topological polar surface area (TPSA) is 76.1 Å². The summed E-state index contributed by atoms with van der Waals surface area (Å²) in [5, 5.41) is 3.28. The van der Waals surface area contributed by atoms with Crippen molar-refractivity contribution in [1.82, 2.24) is 4.98 Å². The van der Waals surface area contributed by atoms with E-state index < -0.39 is 9.84 Å². The lowest BCUT2D eigenvalue weighted by Crippen LogP contribution is -2.11. The highest BCUT2D eigenvalue weighted by Gasteiger charge is 2.12. The number of hydrogen-bond donors (Lipinski definition) is 1. The summed E-state index contributed by atoms with van der Waals surface area (Å²) in [6.45, 7) is 4.06. The van der Waals surface area contributed by atoms with Crippen LogP contribution in [-0.2, 0) is 9.84 Å². The Labute approximate surface area is 144 Å². The molecule has 0 aliphatic rings. The first-order chi connectivity index (χ1) is 11.2. The molecule has 1 aromatic heterocycles. The molecule has 0 saturated carbocycles. The van der Waals surface area contributed by atoms with Crippen LogP contribution in [0.5, 0.6) is 0 Å². The first kappa shape index (κ1) is 16.6. The number of rotatable bonds is 3. The molecule has 0 aliphatic heterocycles. The number of aromatic nitrogens is 1. The summed E-state index contributed by atoms with van der Waals surface area (Å²) in [5.74, 6) is -0.317. The molecule has 0 unspecified atom stereocenters. The molecule has 1 amide bonds. The van der Waals surface area contributed by atoms with E-state index >= 15 is 0 Å². The maximum atomic E-state index is 12.3. The van der Waals surface area contributed by atoms with Gasteiger partial charge in [-0.05, 0) is 61.4 Å².